The summed E-state index contributed by atoms with van der Waals surface area (Å²) in [4.78, 5) is 34.6. The highest BCUT2D eigenvalue weighted by Gasteiger charge is 2.65. The number of hydrogen-bond acceptors (Lipinski definition) is 8. The number of carbonyl (C=O) groups excluding carboxylic acids is 1. The molecule has 1 saturated carbocycles. The molecule has 182 valence electrons. The lowest BCUT2D eigenvalue weighted by Crippen LogP contribution is -2.65. The molecule has 33 heavy (non-hydrogen) atoms. The van der Waals surface area contributed by atoms with Gasteiger partial charge in [-0.1, -0.05) is 19.6 Å². The number of likely N-dealkylation sites (tertiary alicyclic amines) is 1. The van der Waals surface area contributed by atoms with Crippen molar-refractivity contribution in [3.63, 3.8) is 0 Å². The summed E-state index contributed by atoms with van der Waals surface area (Å²) in [5.41, 5.74) is 3.32. The Kier molecular flexibility index (Phi) is 6.86. The maximum Gasteiger partial charge on any atom is 0.335 e. The zero-order valence-electron chi connectivity index (χ0n) is 17.6. The van der Waals surface area contributed by atoms with Crippen LogP contribution in [-0.2, 0) is 32.8 Å². The Bertz CT molecular complexity index is 945. The first-order valence-electron chi connectivity index (χ1n) is 10.6. The van der Waals surface area contributed by atoms with Gasteiger partial charge in [-0.15, -0.1) is 0 Å². The SMILES string of the molecule is C.CN1CC[C@]23c4c5ccc(CO)c4O[C@H]2C(=O)CC[C@H]3[C@H]1C5.O=C(O)[C@H](O)[C@@H](O)C(=O)O. The van der Waals surface area contributed by atoms with Crippen molar-refractivity contribution in [2.75, 3.05) is 13.6 Å². The van der Waals surface area contributed by atoms with E-state index in [0.717, 1.165) is 37.1 Å². The molecule has 2 bridgehead atoms. The van der Waals surface area contributed by atoms with E-state index in [0.29, 0.717) is 18.4 Å². The van der Waals surface area contributed by atoms with Crippen LogP contribution in [0.1, 0.15) is 43.4 Å². The molecule has 2 fully saturated rings. The molecule has 0 unspecified atom stereocenters. The van der Waals surface area contributed by atoms with Crippen LogP contribution >= 0.6 is 0 Å². The van der Waals surface area contributed by atoms with Gasteiger partial charge in [-0.3, -0.25) is 4.79 Å². The molecule has 5 rings (SSSR count). The van der Waals surface area contributed by atoms with Crippen LogP contribution in [0.2, 0.25) is 0 Å². The molecule has 4 aliphatic rings. The zero-order valence-corrected chi connectivity index (χ0v) is 17.6. The second-order valence-corrected chi connectivity index (χ2v) is 8.96. The van der Waals surface area contributed by atoms with Crippen molar-refractivity contribution >= 4 is 17.7 Å². The predicted molar refractivity (Wildman–Crippen MR) is 115 cm³/mol. The number of ether oxygens (including phenoxy) is 1. The van der Waals surface area contributed by atoms with E-state index in [2.05, 4.69) is 18.0 Å². The summed E-state index contributed by atoms with van der Waals surface area (Å²) in [7, 11) is 2.22. The summed E-state index contributed by atoms with van der Waals surface area (Å²) in [5.74, 6) is -1.94. The number of carboxylic acid groups (broad SMARTS) is 2. The second-order valence-electron chi connectivity index (χ2n) is 8.96. The first-order valence-corrected chi connectivity index (χ1v) is 10.6. The fraction of sp³-hybridized carbons (Fsp3) is 0.609. The maximum absolute atomic E-state index is 12.6. The summed E-state index contributed by atoms with van der Waals surface area (Å²) in [6.07, 6.45) is -1.19. The maximum atomic E-state index is 12.6. The number of benzene rings is 1. The van der Waals surface area contributed by atoms with Gasteiger partial charge in [0, 0.05) is 29.0 Å². The van der Waals surface area contributed by atoms with E-state index in [1.807, 2.05) is 6.07 Å². The molecule has 10 nitrogen and oxygen atoms in total. The van der Waals surface area contributed by atoms with Crippen LogP contribution in [-0.4, -0.2) is 86.1 Å². The average Bonchev–Trinajstić information content (AvgIpc) is 3.12. The summed E-state index contributed by atoms with van der Waals surface area (Å²) < 4.78 is 6.22. The quantitative estimate of drug-likeness (QED) is 0.406. The minimum Gasteiger partial charge on any atom is -0.481 e. The van der Waals surface area contributed by atoms with E-state index in [1.54, 1.807) is 0 Å². The average molecular weight is 465 g/mol. The van der Waals surface area contributed by atoms with E-state index < -0.39 is 24.1 Å². The minimum absolute atomic E-state index is 0. The highest BCUT2D eigenvalue weighted by atomic mass is 16.5. The number of hydrogen-bond donors (Lipinski definition) is 5. The van der Waals surface area contributed by atoms with Crippen LogP contribution < -0.4 is 4.74 Å². The largest absolute Gasteiger partial charge is 0.481 e. The predicted octanol–water partition coefficient (Wildman–Crippen LogP) is -0.0695. The van der Waals surface area contributed by atoms with Gasteiger partial charge in [0.15, 0.2) is 24.1 Å². The normalized spacial score (nSPS) is 30.5. The first-order chi connectivity index (χ1) is 15.1. The minimum atomic E-state index is -2.27. The van der Waals surface area contributed by atoms with E-state index in [4.69, 9.17) is 25.2 Å². The van der Waals surface area contributed by atoms with Gasteiger partial charge in [-0.2, -0.15) is 0 Å². The summed E-state index contributed by atoms with van der Waals surface area (Å²) in [5, 5.41) is 42.2. The van der Waals surface area contributed by atoms with Gasteiger partial charge in [-0.25, -0.2) is 9.59 Å². The van der Waals surface area contributed by atoms with Crippen molar-refractivity contribution in [1.82, 2.24) is 4.90 Å². The van der Waals surface area contributed by atoms with Gasteiger partial charge in [0.2, 0.25) is 0 Å². The van der Waals surface area contributed by atoms with Crippen LogP contribution in [0.25, 0.3) is 0 Å². The number of aliphatic hydroxyl groups is 3. The van der Waals surface area contributed by atoms with Gasteiger partial charge in [0.05, 0.1) is 6.61 Å². The van der Waals surface area contributed by atoms with Gasteiger partial charge in [-0.05, 0) is 44.3 Å². The molecule has 1 spiro atoms. The lowest BCUT2D eigenvalue weighted by Gasteiger charge is -2.57. The standard InChI is InChI=1S/C18H21NO3.C4H6O6.CH4/c1-19-7-6-18-12-4-5-14(21)17(18)22-16-11(9-20)3-2-10(15(16)18)8-13(12)19;5-1(3(7)8)2(6)4(9)10;/h2-3,12-13,17,20H,4-9H2,1H3;1-2,5-6H,(H,7,8)(H,9,10);1H4/t12-,13+,17-,18-;1-,2-;/m01./s1. The van der Waals surface area contributed by atoms with E-state index >= 15 is 0 Å². The third kappa shape index (κ3) is 3.71. The monoisotopic (exact) mass is 465 g/mol. The number of rotatable bonds is 4. The zero-order chi connectivity index (χ0) is 23.4. The van der Waals surface area contributed by atoms with Gasteiger partial charge >= 0.3 is 11.9 Å². The number of ketones is 1. The number of aliphatic hydroxyl groups excluding tert-OH is 3. The third-order valence-electron chi connectivity index (χ3n) is 7.46. The number of nitrogens with zero attached hydrogens (tertiary/aromatic N) is 1. The van der Waals surface area contributed by atoms with Gasteiger partial charge < -0.3 is 35.2 Å². The van der Waals surface area contributed by atoms with Crippen LogP contribution in [0.15, 0.2) is 12.1 Å². The molecule has 5 N–H and O–H groups in total. The molecular formula is C23H31NO9. The highest BCUT2D eigenvalue weighted by Crippen LogP contribution is 2.61. The molecule has 0 radical (unpaired) electrons. The Hall–Kier alpha value is -2.53. The van der Waals surface area contributed by atoms with Crippen molar-refractivity contribution in [3.05, 3.63) is 28.8 Å². The molecule has 1 saturated heterocycles. The number of piperidine rings is 1. The number of carboxylic acids is 2. The first kappa shape index (κ1) is 25.1. The van der Waals surface area contributed by atoms with Crippen LogP contribution in [0, 0.1) is 5.92 Å². The van der Waals surface area contributed by atoms with E-state index in [-0.39, 0.29) is 31.3 Å². The summed E-state index contributed by atoms with van der Waals surface area (Å²) in [6, 6.07) is 4.65. The molecule has 1 aromatic rings. The third-order valence-corrected chi connectivity index (χ3v) is 7.46. The molecule has 2 aliphatic carbocycles. The summed E-state index contributed by atoms with van der Waals surface area (Å²) in [6.45, 7) is 1.00. The Morgan fingerprint density at radius 2 is 1.85 bits per heavy atom. The smallest absolute Gasteiger partial charge is 0.335 e. The Morgan fingerprint density at radius 1 is 1.21 bits per heavy atom. The molecule has 2 aliphatic heterocycles. The second kappa shape index (κ2) is 9.02. The Morgan fingerprint density at radius 3 is 2.42 bits per heavy atom. The molecule has 0 amide bonds. The fourth-order valence-electron chi connectivity index (χ4n) is 5.98. The number of likely N-dealkylation sites (N-methyl/N-ethyl adjacent to an activating group) is 1. The molecule has 2 heterocycles. The van der Waals surface area contributed by atoms with Crippen molar-refractivity contribution in [1.29, 1.82) is 0 Å². The van der Waals surface area contributed by atoms with Gasteiger partial charge in [0.25, 0.3) is 0 Å². The highest BCUT2D eigenvalue weighted by molar-refractivity contribution is 5.89. The van der Waals surface area contributed by atoms with Gasteiger partial charge in [0.1, 0.15) is 5.75 Å². The van der Waals surface area contributed by atoms with E-state index in [9.17, 15) is 19.5 Å². The van der Waals surface area contributed by atoms with Crippen molar-refractivity contribution in [2.24, 2.45) is 5.92 Å². The van der Waals surface area contributed by atoms with Crippen molar-refractivity contribution in [2.45, 2.75) is 69.5 Å². The molecule has 10 heteroatoms. The van der Waals surface area contributed by atoms with Crippen molar-refractivity contribution in [3.8, 4) is 5.75 Å². The van der Waals surface area contributed by atoms with Crippen LogP contribution in [0.4, 0.5) is 0 Å². The lowest BCUT2D eigenvalue weighted by atomic mass is 9.51. The summed E-state index contributed by atoms with van der Waals surface area (Å²) >= 11 is 0. The van der Waals surface area contributed by atoms with Crippen molar-refractivity contribution < 1.29 is 44.7 Å². The fourth-order valence-corrected chi connectivity index (χ4v) is 5.98. The molecular weight excluding hydrogens is 434 g/mol. The van der Waals surface area contributed by atoms with Crippen LogP contribution in [0.3, 0.4) is 0 Å². The van der Waals surface area contributed by atoms with E-state index in [1.165, 1.54) is 11.1 Å². The molecule has 6 atom stereocenters. The Balaban J connectivity index is 0.000000241. The molecule has 0 aromatic heterocycles. The number of aliphatic carboxylic acids is 2. The molecule has 1 aromatic carbocycles. The Labute approximate surface area is 191 Å². The lowest BCUT2D eigenvalue weighted by molar-refractivity contribution is -0.165. The number of Topliss-reactive ketones (excluding diaryl/α,β-unsaturated/α-hetero) is 1. The van der Waals surface area contributed by atoms with Crippen LogP contribution in [0.5, 0.6) is 5.75 Å². The topological polar surface area (TPSA) is 165 Å². The number of carbonyl (C=O) groups is 3.